The van der Waals surface area contributed by atoms with E-state index in [-0.39, 0.29) is 5.92 Å². The van der Waals surface area contributed by atoms with Crippen LogP contribution >= 0.6 is 0 Å². The van der Waals surface area contributed by atoms with Gasteiger partial charge in [0.2, 0.25) is 0 Å². The highest BCUT2D eigenvalue weighted by Gasteiger charge is 2.21. The third kappa shape index (κ3) is 5.42. The molecule has 0 bridgehead atoms. The first-order valence-corrected chi connectivity index (χ1v) is 4.55. The summed E-state index contributed by atoms with van der Waals surface area (Å²) in [7, 11) is 0. The van der Waals surface area contributed by atoms with E-state index in [1.165, 1.54) is 0 Å². The van der Waals surface area contributed by atoms with Gasteiger partial charge in [0.1, 0.15) is 0 Å². The second-order valence-corrected chi connectivity index (χ2v) is 3.30. The van der Waals surface area contributed by atoms with Crippen LogP contribution in [0.4, 0.5) is 0 Å². The van der Waals surface area contributed by atoms with Crippen LogP contribution in [0.3, 0.4) is 0 Å². The molecule has 1 atom stereocenters. The molecule has 3 nitrogen and oxygen atoms in total. The summed E-state index contributed by atoms with van der Waals surface area (Å²) in [5, 5.41) is 8.76. The summed E-state index contributed by atoms with van der Waals surface area (Å²) in [5.41, 5.74) is 0. The van der Waals surface area contributed by atoms with Gasteiger partial charge in [-0.15, -0.1) is 6.58 Å². The van der Waals surface area contributed by atoms with Gasteiger partial charge in [-0.05, 0) is 18.8 Å². The first kappa shape index (κ1) is 12.2. The summed E-state index contributed by atoms with van der Waals surface area (Å²) < 4.78 is 5.22. The standard InChI is InChI=1S/C10H18O3/c1-4-5-6-7-13-9(8(2)3)10(11)12/h4,8-9H,1,5-7H2,2-3H3,(H,11,12)/t9-/m0/s1. The molecule has 0 aliphatic carbocycles. The van der Waals surface area contributed by atoms with Crippen molar-refractivity contribution in [3.05, 3.63) is 12.7 Å². The van der Waals surface area contributed by atoms with Crippen LogP contribution in [0, 0.1) is 5.92 Å². The van der Waals surface area contributed by atoms with Crippen molar-refractivity contribution in [2.24, 2.45) is 5.92 Å². The Kier molecular flexibility index (Phi) is 6.24. The highest BCUT2D eigenvalue weighted by molar-refractivity contribution is 5.72. The Labute approximate surface area is 79.4 Å². The minimum Gasteiger partial charge on any atom is -0.479 e. The Morgan fingerprint density at radius 2 is 2.23 bits per heavy atom. The maximum atomic E-state index is 10.7. The van der Waals surface area contributed by atoms with Gasteiger partial charge >= 0.3 is 5.97 Å². The van der Waals surface area contributed by atoms with Crippen LogP contribution < -0.4 is 0 Å². The molecule has 0 saturated carbocycles. The predicted molar refractivity (Wildman–Crippen MR) is 51.6 cm³/mol. The topological polar surface area (TPSA) is 46.5 Å². The first-order valence-electron chi connectivity index (χ1n) is 4.55. The number of rotatable bonds is 7. The fraction of sp³-hybridized carbons (Fsp3) is 0.700. The van der Waals surface area contributed by atoms with Crippen molar-refractivity contribution in [1.82, 2.24) is 0 Å². The van der Waals surface area contributed by atoms with Gasteiger partial charge in [-0.2, -0.15) is 0 Å². The normalized spacial score (nSPS) is 12.8. The summed E-state index contributed by atoms with van der Waals surface area (Å²) >= 11 is 0. The Balaban J connectivity index is 3.70. The van der Waals surface area contributed by atoms with Gasteiger partial charge in [0.25, 0.3) is 0 Å². The molecule has 76 valence electrons. The predicted octanol–water partition coefficient (Wildman–Crippen LogP) is 2.08. The lowest BCUT2D eigenvalue weighted by Crippen LogP contribution is -2.29. The summed E-state index contributed by atoms with van der Waals surface area (Å²) in [6.45, 7) is 7.74. The number of carboxylic acid groups (broad SMARTS) is 1. The molecule has 0 amide bonds. The number of ether oxygens (including phenoxy) is 1. The second kappa shape index (κ2) is 6.66. The van der Waals surface area contributed by atoms with Crippen molar-refractivity contribution in [2.75, 3.05) is 6.61 Å². The largest absolute Gasteiger partial charge is 0.479 e. The number of hydrogen-bond acceptors (Lipinski definition) is 2. The van der Waals surface area contributed by atoms with Crippen LogP contribution in [0.5, 0.6) is 0 Å². The molecule has 0 spiro atoms. The molecular formula is C10H18O3. The second-order valence-electron chi connectivity index (χ2n) is 3.30. The van der Waals surface area contributed by atoms with Crippen molar-refractivity contribution in [3.8, 4) is 0 Å². The molecule has 0 aromatic heterocycles. The number of carbonyl (C=O) groups is 1. The van der Waals surface area contributed by atoms with Crippen LogP contribution in [-0.4, -0.2) is 23.8 Å². The van der Waals surface area contributed by atoms with Crippen LogP contribution in [-0.2, 0) is 9.53 Å². The van der Waals surface area contributed by atoms with Gasteiger partial charge in [0, 0.05) is 6.61 Å². The van der Waals surface area contributed by atoms with Crippen LogP contribution in [0.25, 0.3) is 0 Å². The molecule has 13 heavy (non-hydrogen) atoms. The molecule has 0 saturated heterocycles. The van der Waals surface area contributed by atoms with Gasteiger partial charge in [-0.3, -0.25) is 0 Å². The summed E-state index contributed by atoms with van der Waals surface area (Å²) in [4.78, 5) is 10.7. The van der Waals surface area contributed by atoms with E-state index >= 15 is 0 Å². The van der Waals surface area contributed by atoms with Gasteiger partial charge in [0.15, 0.2) is 6.10 Å². The molecule has 0 aromatic rings. The Hall–Kier alpha value is -0.830. The zero-order chi connectivity index (χ0) is 10.3. The van der Waals surface area contributed by atoms with Gasteiger partial charge in [-0.1, -0.05) is 19.9 Å². The van der Waals surface area contributed by atoms with Crippen LogP contribution in [0.1, 0.15) is 26.7 Å². The Morgan fingerprint density at radius 3 is 2.62 bits per heavy atom. The lowest BCUT2D eigenvalue weighted by Gasteiger charge is -2.16. The van der Waals surface area contributed by atoms with Gasteiger partial charge in [0.05, 0.1) is 0 Å². The molecule has 0 fully saturated rings. The molecule has 0 aliphatic rings. The zero-order valence-electron chi connectivity index (χ0n) is 8.32. The van der Waals surface area contributed by atoms with Crippen molar-refractivity contribution < 1.29 is 14.6 Å². The quantitative estimate of drug-likeness (QED) is 0.489. The molecule has 0 aliphatic heterocycles. The van der Waals surface area contributed by atoms with Crippen molar-refractivity contribution in [2.45, 2.75) is 32.8 Å². The van der Waals surface area contributed by atoms with Crippen molar-refractivity contribution in [1.29, 1.82) is 0 Å². The average Bonchev–Trinajstić information content (AvgIpc) is 2.02. The third-order valence-corrected chi connectivity index (χ3v) is 1.70. The van der Waals surface area contributed by atoms with E-state index in [0.29, 0.717) is 6.61 Å². The lowest BCUT2D eigenvalue weighted by molar-refractivity contribution is -0.153. The molecule has 0 rings (SSSR count). The number of hydrogen-bond donors (Lipinski definition) is 1. The SMILES string of the molecule is C=CCCCO[C@H](C(=O)O)C(C)C. The van der Waals surface area contributed by atoms with E-state index in [2.05, 4.69) is 6.58 Å². The highest BCUT2D eigenvalue weighted by Crippen LogP contribution is 2.07. The van der Waals surface area contributed by atoms with Crippen LogP contribution in [0.15, 0.2) is 12.7 Å². The molecule has 1 N–H and O–H groups in total. The summed E-state index contributed by atoms with van der Waals surface area (Å²) in [6, 6.07) is 0. The van der Waals surface area contributed by atoms with E-state index in [9.17, 15) is 4.79 Å². The molecule has 0 unspecified atom stereocenters. The van der Waals surface area contributed by atoms with Crippen molar-refractivity contribution >= 4 is 5.97 Å². The fourth-order valence-electron chi connectivity index (χ4n) is 0.987. The number of allylic oxidation sites excluding steroid dienone is 1. The maximum absolute atomic E-state index is 10.7. The van der Waals surface area contributed by atoms with E-state index in [1.807, 2.05) is 13.8 Å². The van der Waals surface area contributed by atoms with E-state index in [0.717, 1.165) is 12.8 Å². The first-order chi connectivity index (χ1) is 6.09. The molecule has 0 radical (unpaired) electrons. The Bertz CT molecular complexity index is 164. The minimum absolute atomic E-state index is 0.0150. The third-order valence-electron chi connectivity index (χ3n) is 1.70. The molecule has 3 heteroatoms. The molecule has 0 aromatic carbocycles. The van der Waals surface area contributed by atoms with Gasteiger partial charge in [-0.25, -0.2) is 4.79 Å². The van der Waals surface area contributed by atoms with E-state index in [1.54, 1.807) is 6.08 Å². The highest BCUT2D eigenvalue weighted by atomic mass is 16.5. The Morgan fingerprint density at radius 1 is 1.62 bits per heavy atom. The van der Waals surface area contributed by atoms with Crippen molar-refractivity contribution in [3.63, 3.8) is 0 Å². The van der Waals surface area contributed by atoms with Crippen LogP contribution in [0.2, 0.25) is 0 Å². The molecular weight excluding hydrogens is 168 g/mol. The maximum Gasteiger partial charge on any atom is 0.333 e. The fourth-order valence-corrected chi connectivity index (χ4v) is 0.987. The molecule has 0 heterocycles. The number of carboxylic acids is 1. The smallest absolute Gasteiger partial charge is 0.333 e. The average molecular weight is 186 g/mol. The zero-order valence-corrected chi connectivity index (χ0v) is 8.32. The number of aliphatic carboxylic acids is 1. The van der Waals surface area contributed by atoms with E-state index < -0.39 is 12.1 Å². The number of unbranched alkanes of at least 4 members (excludes halogenated alkanes) is 1. The monoisotopic (exact) mass is 186 g/mol. The summed E-state index contributed by atoms with van der Waals surface area (Å²) in [6.07, 6.45) is 2.82. The van der Waals surface area contributed by atoms with E-state index in [4.69, 9.17) is 9.84 Å². The minimum atomic E-state index is -0.881. The lowest BCUT2D eigenvalue weighted by atomic mass is 10.1. The summed E-state index contributed by atoms with van der Waals surface area (Å²) in [5.74, 6) is -0.866. The van der Waals surface area contributed by atoms with Gasteiger partial charge < -0.3 is 9.84 Å².